The molecule has 0 saturated heterocycles. The topological polar surface area (TPSA) is 8.17 Å². The third-order valence-electron chi connectivity index (χ3n) is 9.68. The Labute approximate surface area is 267 Å². The van der Waals surface area contributed by atoms with Crippen molar-refractivity contribution >= 4 is 60.4 Å². The van der Waals surface area contributed by atoms with Gasteiger partial charge in [0.25, 0.3) is 0 Å². The molecule has 0 aliphatic heterocycles. The summed E-state index contributed by atoms with van der Waals surface area (Å²) in [5.74, 6) is 0. The van der Waals surface area contributed by atoms with Crippen molar-refractivity contribution in [1.29, 1.82) is 0 Å². The first-order chi connectivity index (χ1) is 22.8. The van der Waals surface area contributed by atoms with E-state index in [0.717, 1.165) is 22.7 Å². The van der Waals surface area contributed by atoms with Gasteiger partial charge in [0.1, 0.15) is 0 Å². The summed E-state index contributed by atoms with van der Waals surface area (Å²) in [5.41, 5.74) is 12.2. The van der Waals surface area contributed by atoms with Crippen molar-refractivity contribution in [2.45, 2.75) is 0 Å². The molecule has 2 heteroatoms. The summed E-state index contributed by atoms with van der Waals surface area (Å²) in [6.45, 7) is 0. The van der Waals surface area contributed by atoms with Gasteiger partial charge in [-0.05, 0) is 104 Å². The molecule has 8 aromatic carbocycles. The molecule has 1 aliphatic rings. The minimum atomic E-state index is 1.12. The van der Waals surface area contributed by atoms with Gasteiger partial charge >= 0.3 is 0 Å². The maximum atomic E-state index is 2.45. The molecule has 0 spiro atoms. The minimum Gasteiger partial charge on any atom is -0.310 e. The summed E-state index contributed by atoms with van der Waals surface area (Å²) >= 11 is 0. The molecule has 0 amide bonds. The van der Waals surface area contributed by atoms with E-state index in [2.05, 4.69) is 179 Å². The van der Waals surface area contributed by atoms with E-state index in [4.69, 9.17) is 0 Å². The van der Waals surface area contributed by atoms with Crippen LogP contribution in [0.5, 0.6) is 0 Å². The van der Waals surface area contributed by atoms with Gasteiger partial charge in [-0.3, -0.25) is 0 Å². The maximum absolute atomic E-state index is 2.45. The zero-order valence-corrected chi connectivity index (χ0v) is 25.1. The monoisotopic (exact) mass is 584 g/mol. The molecule has 0 unspecified atom stereocenters. The molecule has 0 fully saturated rings. The predicted molar refractivity (Wildman–Crippen MR) is 195 cm³/mol. The number of hydrogen-bond acceptors (Lipinski definition) is 1. The van der Waals surface area contributed by atoms with Crippen LogP contribution in [0, 0.1) is 0 Å². The highest BCUT2D eigenvalue weighted by Gasteiger charge is 2.24. The van der Waals surface area contributed by atoms with Crippen molar-refractivity contribution in [3.8, 4) is 27.9 Å². The molecule has 0 N–H and O–H groups in total. The van der Waals surface area contributed by atoms with Gasteiger partial charge < -0.3 is 9.47 Å². The Morgan fingerprint density at radius 3 is 1.70 bits per heavy atom. The SMILES string of the molecule is c1ccc(N(c2ccc(-n3c4cccc5c4c4c6c(cccc6ccc43)-c3ccccc3-5)cc2)c2ccc3ccccc3c2)cc1. The van der Waals surface area contributed by atoms with Gasteiger partial charge in [0.2, 0.25) is 0 Å². The Morgan fingerprint density at radius 2 is 0.891 bits per heavy atom. The van der Waals surface area contributed by atoms with Gasteiger partial charge in [-0.25, -0.2) is 0 Å². The van der Waals surface area contributed by atoms with Crippen molar-refractivity contribution in [2.24, 2.45) is 0 Å². The fraction of sp³-hybridized carbons (Fsp3) is 0. The lowest BCUT2D eigenvalue weighted by molar-refractivity contribution is 1.17. The van der Waals surface area contributed by atoms with Crippen LogP contribution >= 0.6 is 0 Å². The minimum absolute atomic E-state index is 1.12. The summed E-state index contributed by atoms with van der Waals surface area (Å²) in [5, 5.41) is 7.75. The van der Waals surface area contributed by atoms with Gasteiger partial charge in [-0.2, -0.15) is 0 Å². The molecule has 214 valence electrons. The molecule has 2 nitrogen and oxygen atoms in total. The Balaban J connectivity index is 1.20. The zero-order chi connectivity index (χ0) is 30.2. The molecular weight excluding hydrogens is 556 g/mol. The summed E-state index contributed by atoms with van der Waals surface area (Å²) in [6.07, 6.45) is 0. The number of nitrogens with zero attached hydrogens (tertiary/aromatic N) is 2. The van der Waals surface area contributed by atoms with Crippen LogP contribution in [0.4, 0.5) is 17.1 Å². The van der Waals surface area contributed by atoms with Crippen LogP contribution in [0.3, 0.4) is 0 Å². The molecule has 0 radical (unpaired) electrons. The van der Waals surface area contributed by atoms with Crippen molar-refractivity contribution in [3.05, 3.63) is 170 Å². The number of aromatic nitrogens is 1. The van der Waals surface area contributed by atoms with Crippen LogP contribution in [-0.2, 0) is 0 Å². The second kappa shape index (κ2) is 9.69. The first-order valence-corrected chi connectivity index (χ1v) is 15.9. The van der Waals surface area contributed by atoms with E-state index < -0.39 is 0 Å². The predicted octanol–water partition coefficient (Wildman–Crippen LogP) is 12.2. The summed E-state index contributed by atoms with van der Waals surface area (Å²) in [6, 6.07) is 61.9. The van der Waals surface area contributed by atoms with Gasteiger partial charge in [0.05, 0.1) is 11.0 Å². The first kappa shape index (κ1) is 25.2. The van der Waals surface area contributed by atoms with E-state index in [1.54, 1.807) is 0 Å². The Bertz CT molecular complexity index is 2630. The largest absolute Gasteiger partial charge is 0.310 e. The normalized spacial score (nSPS) is 11.9. The highest BCUT2D eigenvalue weighted by atomic mass is 15.1. The molecule has 46 heavy (non-hydrogen) atoms. The van der Waals surface area contributed by atoms with Crippen LogP contribution in [-0.4, -0.2) is 4.57 Å². The van der Waals surface area contributed by atoms with Crippen molar-refractivity contribution in [3.63, 3.8) is 0 Å². The third-order valence-corrected chi connectivity index (χ3v) is 9.68. The van der Waals surface area contributed by atoms with E-state index in [0.29, 0.717) is 0 Å². The highest BCUT2D eigenvalue weighted by molar-refractivity contribution is 6.30. The average Bonchev–Trinajstić information content (AvgIpc) is 3.40. The Morgan fingerprint density at radius 1 is 0.326 bits per heavy atom. The van der Waals surface area contributed by atoms with E-state index >= 15 is 0 Å². The lowest BCUT2D eigenvalue weighted by Gasteiger charge is -2.26. The summed E-state index contributed by atoms with van der Waals surface area (Å²) < 4.78 is 2.45. The van der Waals surface area contributed by atoms with Crippen molar-refractivity contribution < 1.29 is 0 Å². The molecular formula is C44H28N2. The van der Waals surface area contributed by atoms with Gasteiger partial charge in [0.15, 0.2) is 0 Å². The maximum Gasteiger partial charge on any atom is 0.0547 e. The number of anilines is 3. The smallest absolute Gasteiger partial charge is 0.0547 e. The van der Waals surface area contributed by atoms with E-state index in [1.807, 2.05) is 0 Å². The Hall–Kier alpha value is -6.12. The number of hydrogen-bond donors (Lipinski definition) is 0. The molecule has 1 aliphatic carbocycles. The number of benzene rings is 8. The average molecular weight is 585 g/mol. The molecule has 1 aromatic heterocycles. The quantitative estimate of drug-likeness (QED) is 0.200. The lowest BCUT2D eigenvalue weighted by atomic mass is 9.93. The summed E-state index contributed by atoms with van der Waals surface area (Å²) in [4.78, 5) is 2.34. The van der Waals surface area contributed by atoms with E-state index in [1.165, 1.54) is 65.6 Å². The second-order valence-electron chi connectivity index (χ2n) is 12.2. The summed E-state index contributed by atoms with van der Waals surface area (Å²) in [7, 11) is 0. The van der Waals surface area contributed by atoms with Crippen molar-refractivity contribution in [2.75, 3.05) is 4.90 Å². The first-order valence-electron chi connectivity index (χ1n) is 15.9. The number of fused-ring (bicyclic) bond motifs is 4. The van der Waals surface area contributed by atoms with E-state index in [-0.39, 0.29) is 0 Å². The van der Waals surface area contributed by atoms with Crippen LogP contribution in [0.25, 0.3) is 71.3 Å². The second-order valence-corrected chi connectivity index (χ2v) is 12.2. The fourth-order valence-corrected chi connectivity index (χ4v) is 7.70. The van der Waals surface area contributed by atoms with Crippen LogP contribution in [0.1, 0.15) is 0 Å². The molecule has 10 rings (SSSR count). The van der Waals surface area contributed by atoms with Gasteiger partial charge in [-0.1, -0.05) is 109 Å². The number of rotatable bonds is 4. The number of para-hydroxylation sites is 1. The van der Waals surface area contributed by atoms with Crippen LogP contribution in [0.2, 0.25) is 0 Å². The molecule has 0 atom stereocenters. The molecule has 9 aromatic rings. The lowest BCUT2D eigenvalue weighted by Crippen LogP contribution is -2.10. The standard InChI is InChI=1S/C44H28N2/c1-2-13-32(14-3-1)45(35-22-20-29-10-4-5-11-31(29)28-35)33-23-25-34(26-24-33)46-40-19-9-18-39-37-16-7-6-15-36(37)38-17-8-12-30-21-27-41(46)44(42(30)38)43(39)40/h1-28H. The molecule has 1 heterocycles. The van der Waals surface area contributed by atoms with Gasteiger partial charge in [-0.15, -0.1) is 0 Å². The molecule has 0 bridgehead atoms. The van der Waals surface area contributed by atoms with Crippen LogP contribution in [0.15, 0.2) is 170 Å². The molecule has 0 saturated carbocycles. The Kier molecular flexibility index (Phi) is 5.31. The van der Waals surface area contributed by atoms with Crippen LogP contribution < -0.4 is 4.90 Å². The highest BCUT2D eigenvalue weighted by Crippen LogP contribution is 2.49. The van der Waals surface area contributed by atoms with Crippen molar-refractivity contribution in [1.82, 2.24) is 4.57 Å². The van der Waals surface area contributed by atoms with Gasteiger partial charge in [0, 0.05) is 33.5 Å². The van der Waals surface area contributed by atoms with E-state index in [9.17, 15) is 0 Å². The zero-order valence-electron chi connectivity index (χ0n) is 25.1. The third kappa shape index (κ3) is 3.59. The fourth-order valence-electron chi connectivity index (χ4n) is 7.70.